The third-order valence-corrected chi connectivity index (χ3v) is 11.9. The van der Waals surface area contributed by atoms with Crippen molar-refractivity contribution < 1.29 is 41.3 Å². The van der Waals surface area contributed by atoms with Gasteiger partial charge >= 0.3 is 0 Å². The molecule has 0 aliphatic carbocycles. The third kappa shape index (κ3) is 9.09. The van der Waals surface area contributed by atoms with Crippen molar-refractivity contribution in [2.24, 2.45) is 0 Å². The van der Waals surface area contributed by atoms with Gasteiger partial charge in [-0.2, -0.15) is 0 Å². The fourth-order valence-corrected chi connectivity index (χ4v) is 8.15. The van der Waals surface area contributed by atoms with Crippen LogP contribution in [-0.2, 0) is 37.3 Å². The van der Waals surface area contributed by atoms with Crippen molar-refractivity contribution in [3.05, 3.63) is 192 Å². The molecule has 0 saturated carbocycles. The minimum atomic E-state index is -2.58. The van der Waals surface area contributed by atoms with Crippen LogP contribution >= 0.6 is 0 Å². The van der Waals surface area contributed by atoms with E-state index in [0.29, 0.717) is 50.4 Å². The summed E-state index contributed by atoms with van der Waals surface area (Å²) in [6.07, 6.45) is -0.565. The van der Waals surface area contributed by atoms with E-state index in [1.54, 1.807) is 18.2 Å². The van der Waals surface area contributed by atoms with E-state index >= 15 is 0 Å². The number of aromatic nitrogens is 3. The number of aryl methyl sites for hydroxylation is 1. The first kappa shape index (κ1) is 34.0. The molecule has 0 amide bonds. The zero-order chi connectivity index (χ0) is 55.3. The Bertz CT molecular complexity index is 3760. The first-order valence-electron chi connectivity index (χ1n) is 27.3. The number of phenols is 1. The van der Waals surface area contributed by atoms with Gasteiger partial charge in [0.2, 0.25) is 0 Å². The van der Waals surface area contributed by atoms with Crippen LogP contribution in [0.3, 0.4) is 0 Å². The van der Waals surface area contributed by atoms with Crippen LogP contribution in [-0.4, -0.2) is 19.6 Å². The Kier molecular flexibility index (Phi) is 9.18. The third-order valence-electron chi connectivity index (χ3n) is 11.9. The summed E-state index contributed by atoms with van der Waals surface area (Å²) >= 11 is 0. The van der Waals surface area contributed by atoms with Gasteiger partial charge in [0.1, 0.15) is 11.6 Å². The summed E-state index contributed by atoms with van der Waals surface area (Å²) in [7, 11) is 0. The molecular formula is C61H58N3OPt-. The average molecular weight is 1060 g/mol. The Balaban J connectivity index is 0.00000784. The number of hydrogen-bond donors (Lipinski definition) is 1. The zero-order valence-electron chi connectivity index (χ0n) is 49.6. The summed E-state index contributed by atoms with van der Waals surface area (Å²) in [5.74, 6) is 0.285. The molecule has 1 N–H and O–H groups in total. The zero-order valence-corrected chi connectivity index (χ0v) is 40.8. The summed E-state index contributed by atoms with van der Waals surface area (Å²) in [5, 5.41) is 12.0. The van der Waals surface area contributed by atoms with Crippen molar-refractivity contribution in [3.63, 3.8) is 0 Å². The molecule has 0 radical (unpaired) electrons. The summed E-state index contributed by atoms with van der Waals surface area (Å²) in [5.41, 5.74) is 7.17. The molecule has 0 aliphatic heterocycles. The first-order valence-corrected chi connectivity index (χ1v) is 21.8. The molecule has 0 saturated heterocycles. The van der Waals surface area contributed by atoms with E-state index in [2.05, 4.69) is 52.6 Å². The van der Waals surface area contributed by atoms with Gasteiger partial charge < -0.3 is 5.11 Å². The molecule has 0 atom stereocenters. The number of benzene rings is 7. The first-order chi connectivity index (χ1) is 35.5. The van der Waals surface area contributed by atoms with Crippen molar-refractivity contribution in [2.75, 3.05) is 0 Å². The number of pyridine rings is 1. The number of rotatable bonds is 7. The van der Waals surface area contributed by atoms with E-state index in [9.17, 15) is 6.48 Å². The van der Waals surface area contributed by atoms with Crippen LogP contribution in [0.25, 0.3) is 83.9 Å². The molecule has 66 heavy (non-hydrogen) atoms. The second kappa shape index (κ2) is 17.8. The van der Waals surface area contributed by atoms with Crippen molar-refractivity contribution in [1.29, 1.82) is 0 Å². The van der Waals surface area contributed by atoms with Gasteiger partial charge in [-0.3, -0.25) is 9.55 Å². The largest absolute Gasteiger partial charge is 0.507 e. The van der Waals surface area contributed by atoms with Crippen molar-refractivity contribution in [2.45, 2.75) is 85.4 Å². The number of aromatic hydroxyl groups is 1. The molecule has 334 valence electrons. The number of nitrogens with zero attached hydrogens (tertiary/aromatic N) is 3. The molecule has 5 heteroatoms. The summed E-state index contributed by atoms with van der Waals surface area (Å²) in [6.45, 7) is 16.1. The average Bonchev–Trinajstić information content (AvgIpc) is 3.85. The number of hydrogen-bond acceptors (Lipinski definition) is 3. The topological polar surface area (TPSA) is 50.9 Å². The van der Waals surface area contributed by atoms with E-state index in [1.807, 2.05) is 122 Å². The van der Waals surface area contributed by atoms with Crippen LogP contribution in [0.1, 0.15) is 99.6 Å². The van der Waals surface area contributed by atoms with Crippen LogP contribution in [0.4, 0.5) is 0 Å². The summed E-state index contributed by atoms with van der Waals surface area (Å²) in [6, 6.07) is 35.6. The molecular weight excluding hydrogens is 986 g/mol. The predicted octanol–water partition coefficient (Wildman–Crippen LogP) is 16.1. The van der Waals surface area contributed by atoms with Gasteiger partial charge in [-0.15, -0.1) is 29.3 Å². The predicted molar refractivity (Wildman–Crippen MR) is 273 cm³/mol. The fraction of sp³-hybridized carbons (Fsp3) is 0.213. The molecule has 0 spiro atoms. The molecule has 9 aromatic rings. The molecule has 0 aliphatic rings. The van der Waals surface area contributed by atoms with Crippen LogP contribution < -0.4 is 0 Å². The molecule has 2 aromatic heterocycles. The van der Waals surface area contributed by atoms with E-state index in [4.69, 9.17) is 18.7 Å². The van der Waals surface area contributed by atoms with Gasteiger partial charge in [-0.1, -0.05) is 182 Å². The van der Waals surface area contributed by atoms with Crippen LogP contribution in [0.5, 0.6) is 5.75 Å². The van der Waals surface area contributed by atoms with Crippen molar-refractivity contribution >= 4 is 11.0 Å². The maximum absolute atomic E-state index is 12.0. The van der Waals surface area contributed by atoms with Gasteiger partial charge in [0, 0.05) is 42.6 Å². The Morgan fingerprint density at radius 2 is 1.24 bits per heavy atom. The number of phenolic OH excluding ortho intramolecular Hbond substituents is 1. The monoisotopic (exact) mass is 1050 g/mol. The number of para-hydroxylation sites is 1. The van der Waals surface area contributed by atoms with E-state index in [1.165, 1.54) is 0 Å². The second-order valence-corrected chi connectivity index (χ2v) is 19.7. The van der Waals surface area contributed by atoms with E-state index < -0.39 is 60.7 Å². The van der Waals surface area contributed by atoms with Gasteiger partial charge in [-0.25, -0.2) is 4.98 Å². The van der Waals surface area contributed by atoms with E-state index in [-0.39, 0.29) is 65.6 Å². The van der Waals surface area contributed by atoms with Gasteiger partial charge in [0.25, 0.3) is 0 Å². The number of fused-ring (bicyclic) bond motifs is 1. The smallest absolute Gasteiger partial charge is 0.148 e. The molecule has 0 unspecified atom stereocenters. The molecule has 9 rings (SSSR count). The molecule has 0 bridgehead atoms. The summed E-state index contributed by atoms with van der Waals surface area (Å²) in [4.78, 5) is 9.87. The molecule has 0 fully saturated rings. The molecule has 4 nitrogen and oxygen atoms in total. The van der Waals surface area contributed by atoms with Gasteiger partial charge in [0.15, 0.2) is 0 Å². The van der Waals surface area contributed by atoms with Crippen LogP contribution in [0.2, 0.25) is 0 Å². The van der Waals surface area contributed by atoms with E-state index in [0.717, 1.165) is 27.8 Å². The Hall–Kier alpha value is -6.35. The second-order valence-electron chi connectivity index (χ2n) is 19.7. The normalized spacial score (nSPS) is 14.6. The summed E-state index contributed by atoms with van der Waals surface area (Å²) < 4.78 is 98.8. The molecule has 7 aromatic carbocycles. The Morgan fingerprint density at radius 1 is 0.576 bits per heavy atom. The fourth-order valence-electron chi connectivity index (χ4n) is 8.15. The van der Waals surface area contributed by atoms with Crippen LogP contribution in [0.15, 0.2) is 164 Å². The standard InChI is InChI=1S/C61H58N3O.Pt/c1-39-32-55(51(41-20-15-12-16-21-41)38-50(39)42-24-26-46(27-25-42)59(2,3)4)64-54-23-17-22-49(57(54)63-58(64)52-37-47(60(5,6)7)28-29-56(52)65)44-33-45(35-48(34-44)61(8,9)10)53-36-43(30-31-62-53)40-18-13-11-14-19-40;/h11-32,34-38,65H,1-10H3;/q-1;/i1D3,11D,13D,14D,18D,19D,30D,31D,36D;. The Morgan fingerprint density at radius 3 is 1.92 bits per heavy atom. The minimum absolute atomic E-state index is 0. The molecule has 2 heterocycles. The van der Waals surface area contributed by atoms with Crippen LogP contribution in [0, 0.1) is 12.9 Å². The van der Waals surface area contributed by atoms with Crippen molar-refractivity contribution in [1.82, 2.24) is 14.5 Å². The number of imidazole rings is 1. The maximum atomic E-state index is 12.0. The quantitative estimate of drug-likeness (QED) is 0.162. The van der Waals surface area contributed by atoms with Gasteiger partial charge in [0.05, 0.1) is 33.3 Å². The van der Waals surface area contributed by atoms with Gasteiger partial charge in [-0.05, 0) is 104 Å². The Labute approximate surface area is 421 Å². The maximum Gasteiger partial charge on any atom is 0.148 e. The minimum Gasteiger partial charge on any atom is -0.507 e. The van der Waals surface area contributed by atoms with Crippen molar-refractivity contribution in [3.8, 4) is 78.6 Å². The SMILES string of the molecule is [2H]c1nc(-c2[c-]c(-c3cccc4c3nc(-c3cc(C(C)(C)C)ccc3O)n4-c3cc(C([2H])([2H])[2H])c(-c4ccc(C(C)(C)C)cc4)cc3-c3ccccc3)cc(C(C)(C)C)c2)c([2H])c(-c2c([2H])c([2H])c([2H])c([2H])c2[2H])c1[2H].[Pt].